The van der Waals surface area contributed by atoms with E-state index in [1.807, 2.05) is 96.9 Å². The first-order chi connectivity index (χ1) is 19.0. The molecule has 2 heterocycles. The summed E-state index contributed by atoms with van der Waals surface area (Å²) in [6.07, 6.45) is 3.74. The zero-order valence-corrected chi connectivity index (χ0v) is 22.3. The maximum absolute atomic E-state index is 14.3. The van der Waals surface area contributed by atoms with E-state index in [4.69, 9.17) is 16.3 Å². The van der Waals surface area contributed by atoms with Gasteiger partial charge in [0.15, 0.2) is 0 Å². The van der Waals surface area contributed by atoms with Gasteiger partial charge in [-0.1, -0.05) is 48.0 Å². The first-order valence-corrected chi connectivity index (χ1v) is 13.6. The normalized spacial score (nSPS) is 15.7. The Bertz CT molecular complexity index is 1530. The van der Waals surface area contributed by atoms with Gasteiger partial charge in [0, 0.05) is 17.3 Å². The van der Waals surface area contributed by atoms with Gasteiger partial charge in [0.2, 0.25) is 5.91 Å². The molecule has 3 amide bonds. The fraction of sp³-hybridized carbons (Fsp3) is 0.226. The summed E-state index contributed by atoms with van der Waals surface area (Å²) in [5.41, 5.74) is 4.14. The number of carbonyl (C=O) groups excluding carboxylic acids is 2. The van der Waals surface area contributed by atoms with E-state index in [2.05, 4.69) is 9.88 Å². The SMILES string of the molecule is CCOc1ccccc1NC(=O)N(CC(=O)N1c2ccccc2-n2cccc2[C@H]1c1cccc(Cl)c1)C1CC1. The quantitative estimate of drug-likeness (QED) is 0.285. The lowest BCUT2D eigenvalue weighted by Gasteiger charge is -2.39. The van der Waals surface area contributed by atoms with Crippen LogP contribution < -0.4 is 15.0 Å². The molecule has 7 nitrogen and oxygen atoms in total. The first-order valence-electron chi connectivity index (χ1n) is 13.2. The number of benzene rings is 3. The highest BCUT2D eigenvalue weighted by atomic mass is 35.5. The second-order valence-electron chi connectivity index (χ2n) is 9.73. The van der Waals surface area contributed by atoms with E-state index in [1.165, 1.54) is 0 Å². The van der Waals surface area contributed by atoms with Gasteiger partial charge in [-0.2, -0.15) is 0 Å². The van der Waals surface area contributed by atoms with E-state index < -0.39 is 6.04 Å². The molecule has 0 radical (unpaired) electrons. The van der Waals surface area contributed by atoms with E-state index >= 15 is 0 Å². The van der Waals surface area contributed by atoms with E-state index in [9.17, 15) is 9.59 Å². The third kappa shape index (κ3) is 4.86. The Morgan fingerprint density at radius 3 is 2.51 bits per heavy atom. The van der Waals surface area contributed by atoms with Gasteiger partial charge in [-0.15, -0.1) is 0 Å². The number of carbonyl (C=O) groups is 2. The standard InChI is InChI=1S/C31H29ClN4O3/c1-2-39-28-15-6-3-11-24(28)33-31(38)35(23-16-17-23)20-29(37)36-26-13-5-4-12-25(26)34-18-8-14-27(34)30(36)21-9-7-10-22(32)19-21/h3-15,18-19,23,30H,2,16-17,20H2,1H3,(H,33,38)/t30-/m1/s1. The van der Waals surface area contributed by atoms with Crippen molar-refractivity contribution in [3.05, 3.63) is 107 Å². The molecule has 4 aromatic rings. The zero-order valence-electron chi connectivity index (χ0n) is 21.6. The predicted molar refractivity (Wildman–Crippen MR) is 153 cm³/mol. The molecule has 3 aromatic carbocycles. The Balaban J connectivity index is 1.35. The average molecular weight is 541 g/mol. The van der Waals surface area contributed by atoms with Crippen LogP contribution in [0.2, 0.25) is 5.02 Å². The van der Waals surface area contributed by atoms with Crippen LogP contribution in [0.25, 0.3) is 5.69 Å². The second-order valence-corrected chi connectivity index (χ2v) is 10.2. The summed E-state index contributed by atoms with van der Waals surface area (Å²) in [7, 11) is 0. The molecule has 1 N–H and O–H groups in total. The molecule has 1 aromatic heterocycles. The number of hydrogen-bond donors (Lipinski definition) is 1. The molecular formula is C31H29ClN4O3. The second kappa shape index (κ2) is 10.5. The monoisotopic (exact) mass is 540 g/mol. The van der Waals surface area contributed by atoms with Crippen LogP contribution in [0.5, 0.6) is 5.75 Å². The largest absolute Gasteiger partial charge is 0.492 e. The smallest absolute Gasteiger partial charge is 0.322 e. The fourth-order valence-corrected chi connectivity index (χ4v) is 5.47. The van der Waals surface area contributed by atoms with Gasteiger partial charge in [-0.25, -0.2) is 4.79 Å². The summed E-state index contributed by atoms with van der Waals surface area (Å²) in [6.45, 7) is 2.33. The van der Waals surface area contributed by atoms with Crippen LogP contribution >= 0.6 is 11.6 Å². The van der Waals surface area contributed by atoms with Gasteiger partial charge in [0.1, 0.15) is 18.3 Å². The van der Waals surface area contributed by atoms with Crippen molar-refractivity contribution >= 4 is 34.9 Å². The number of ether oxygens (including phenoxy) is 1. The number of halogens is 1. The summed E-state index contributed by atoms with van der Waals surface area (Å²) in [5.74, 6) is 0.433. The Kier molecular flexibility index (Phi) is 6.75. The summed E-state index contributed by atoms with van der Waals surface area (Å²) < 4.78 is 7.80. The minimum atomic E-state index is -0.399. The van der Waals surface area contributed by atoms with Gasteiger partial charge in [0.25, 0.3) is 0 Å². The predicted octanol–water partition coefficient (Wildman–Crippen LogP) is 6.66. The molecular weight excluding hydrogens is 512 g/mol. The van der Waals surface area contributed by atoms with Gasteiger partial charge < -0.3 is 19.5 Å². The molecule has 1 fully saturated rings. The molecule has 6 rings (SSSR count). The number of fused-ring (bicyclic) bond motifs is 3. The number of rotatable bonds is 7. The number of amides is 3. The van der Waals surface area contributed by atoms with Crippen molar-refractivity contribution in [3.8, 4) is 11.4 Å². The number of aromatic nitrogens is 1. The van der Waals surface area contributed by atoms with Crippen molar-refractivity contribution in [3.63, 3.8) is 0 Å². The molecule has 2 aliphatic rings. The van der Waals surface area contributed by atoms with Crippen LogP contribution in [0, 0.1) is 0 Å². The fourth-order valence-electron chi connectivity index (χ4n) is 5.27. The third-order valence-corrected chi connectivity index (χ3v) is 7.37. The molecule has 1 aliphatic heterocycles. The summed E-state index contributed by atoms with van der Waals surface area (Å²) in [5, 5.41) is 3.58. The van der Waals surface area contributed by atoms with Gasteiger partial charge in [-0.05, 0) is 73.9 Å². The lowest BCUT2D eigenvalue weighted by atomic mass is 9.97. The van der Waals surface area contributed by atoms with Crippen molar-refractivity contribution in [2.24, 2.45) is 0 Å². The number of nitrogens with one attached hydrogen (secondary N) is 1. The molecule has 0 spiro atoms. The van der Waals surface area contributed by atoms with Gasteiger partial charge >= 0.3 is 6.03 Å². The summed E-state index contributed by atoms with van der Waals surface area (Å²) >= 11 is 6.40. The molecule has 0 unspecified atom stereocenters. The molecule has 1 aliphatic carbocycles. The van der Waals surface area contributed by atoms with E-state index in [-0.39, 0.29) is 24.5 Å². The number of nitrogens with zero attached hydrogens (tertiary/aromatic N) is 3. The van der Waals surface area contributed by atoms with Crippen molar-refractivity contribution in [1.29, 1.82) is 0 Å². The molecule has 1 atom stereocenters. The van der Waals surface area contributed by atoms with Gasteiger partial charge in [0.05, 0.1) is 29.4 Å². The van der Waals surface area contributed by atoms with Crippen LogP contribution in [0.15, 0.2) is 91.1 Å². The number of urea groups is 1. The van der Waals surface area contributed by atoms with Crippen molar-refractivity contribution in [2.75, 3.05) is 23.4 Å². The Hall–Kier alpha value is -4.23. The molecule has 8 heteroatoms. The van der Waals surface area contributed by atoms with Crippen LogP contribution in [0.3, 0.4) is 0 Å². The highest BCUT2D eigenvalue weighted by Crippen LogP contribution is 2.43. The maximum Gasteiger partial charge on any atom is 0.322 e. The first kappa shape index (κ1) is 25.1. The third-order valence-electron chi connectivity index (χ3n) is 7.14. The van der Waals surface area contributed by atoms with Crippen LogP contribution in [-0.2, 0) is 4.79 Å². The minimum Gasteiger partial charge on any atom is -0.492 e. The number of hydrogen-bond acceptors (Lipinski definition) is 3. The average Bonchev–Trinajstić information content (AvgIpc) is 3.67. The Morgan fingerprint density at radius 2 is 1.74 bits per heavy atom. The molecule has 0 saturated heterocycles. The zero-order chi connectivity index (χ0) is 26.9. The van der Waals surface area contributed by atoms with Crippen molar-refractivity contribution < 1.29 is 14.3 Å². The highest BCUT2D eigenvalue weighted by molar-refractivity contribution is 6.30. The van der Waals surface area contributed by atoms with Crippen LogP contribution in [0.1, 0.15) is 37.1 Å². The Morgan fingerprint density at radius 1 is 0.974 bits per heavy atom. The lowest BCUT2D eigenvalue weighted by Crippen LogP contribution is -2.48. The van der Waals surface area contributed by atoms with E-state index in [0.717, 1.165) is 35.5 Å². The molecule has 198 valence electrons. The molecule has 39 heavy (non-hydrogen) atoms. The summed E-state index contributed by atoms with van der Waals surface area (Å²) in [4.78, 5) is 31.3. The lowest BCUT2D eigenvalue weighted by molar-refractivity contribution is -0.119. The van der Waals surface area contributed by atoms with E-state index in [1.54, 1.807) is 11.0 Å². The minimum absolute atomic E-state index is 0.0155. The number of anilines is 2. The Labute approximate surface area is 232 Å². The maximum atomic E-state index is 14.3. The summed E-state index contributed by atoms with van der Waals surface area (Å²) in [6, 6.07) is 26.1. The van der Waals surface area contributed by atoms with Crippen molar-refractivity contribution in [1.82, 2.24) is 9.47 Å². The van der Waals surface area contributed by atoms with Gasteiger partial charge in [-0.3, -0.25) is 9.69 Å². The van der Waals surface area contributed by atoms with Crippen LogP contribution in [0.4, 0.5) is 16.2 Å². The topological polar surface area (TPSA) is 66.8 Å². The van der Waals surface area contributed by atoms with Crippen molar-refractivity contribution in [2.45, 2.75) is 31.8 Å². The van der Waals surface area contributed by atoms with Crippen LogP contribution in [-0.4, -0.2) is 40.6 Å². The molecule has 0 bridgehead atoms. The highest BCUT2D eigenvalue weighted by Gasteiger charge is 2.40. The van der Waals surface area contributed by atoms with E-state index in [0.29, 0.717) is 23.1 Å². The molecule has 1 saturated carbocycles. The number of para-hydroxylation sites is 4.